The van der Waals surface area contributed by atoms with Gasteiger partial charge in [-0.05, 0) is 37.3 Å². The fourth-order valence-electron chi connectivity index (χ4n) is 2.02. The largest absolute Gasteiger partial charge is 0.389 e. The van der Waals surface area contributed by atoms with Gasteiger partial charge in [0.1, 0.15) is 11.6 Å². The molecule has 1 atom stereocenters. The van der Waals surface area contributed by atoms with Crippen molar-refractivity contribution in [1.82, 2.24) is 0 Å². The first-order valence-electron chi connectivity index (χ1n) is 5.96. The number of hydrogen-bond acceptors (Lipinski definition) is 2. The van der Waals surface area contributed by atoms with E-state index in [0.717, 1.165) is 0 Å². The molecule has 2 aromatic carbocycles. The van der Waals surface area contributed by atoms with Gasteiger partial charge in [0, 0.05) is 18.3 Å². The summed E-state index contributed by atoms with van der Waals surface area (Å²) >= 11 is 0. The highest BCUT2D eigenvalue weighted by atomic mass is 19.1. The Kier molecular flexibility index (Phi) is 3.81. The molecular weight excluding hydrogens is 248 g/mol. The molecule has 2 nitrogen and oxygen atoms in total. The second-order valence-corrected chi connectivity index (χ2v) is 4.39. The van der Waals surface area contributed by atoms with Gasteiger partial charge in [-0.15, -0.1) is 0 Å². The molecule has 0 amide bonds. The zero-order chi connectivity index (χ0) is 14.0. The molecule has 0 fully saturated rings. The molecule has 0 radical (unpaired) electrons. The molecule has 0 aliphatic heterocycles. The van der Waals surface area contributed by atoms with E-state index in [1.54, 1.807) is 37.1 Å². The SMILES string of the molecule is C[C@H](O)c1cc(F)ccc1N(C)c1ccccc1F. The molecule has 0 aromatic heterocycles. The molecule has 4 heteroatoms. The van der Waals surface area contributed by atoms with Crippen LogP contribution in [0.2, 0.25) is 0 Å². The van der Waals surface area contributed by atoms with Crippen LogP contribution in [0.5, 0.6) is 0 Å². The molecule has 0 aliphatic rings. The Labute approximate surface area is 110 Å². The van der Waals surface area contributed by atoms with Gasteiger partial charge in [0.15, 0.2) is 0 Å². The average Bonchev–Trinajstić information content (AvgIpc) is 2.38. The van der Waals surface area contributed by atoms with Crippen LogP contribution in [0, 0.1) is 11.6 Å². The van der Waals surface area contributed by atoms with Gasteiger partial charge in [0.2, 0.25) is 0 Å². The normalized spacial score (nSPS) is 12.3. The Morgan fingerprint density at radius 1 is 1.05 bits per heavy atom. The van der Waals surface area contributed by atoms with Crippen molar-refractivity contribution in [3.8, 4) is 0 Å². The van der Waals surface area contributed by atoms with Gasteiger partial charge < -0.3 is 10.0 Å². The van der Waals surface area contributed by atoms with Gasteiger partial charge in [-0.25, -0.2) is 8.78 Å². The number of nitrogens with zero attached hydrogens (tertiary/aromatic N) is 1. The first-order chi connectivity index (χ1) is 9.00. The van der Waals surface area contributed by atoms with Crippen molar-refractivity contribution in [2.24, 2.45) is 0 Å². The monoisotopic (exact) mass is 263 g/mol. The van der Waals surface area contributed by atoms with Crippen LogP contribution < -0.4 is 4.90 Å². The minimum Gasteiger partial charge on any atom is -0.389 e. The predicted molar refractivity (Wildman–Crippen MR) is 71.5 cm³/mol. The number of benzene rings is 2. The van der Waals surface area contributed by atoms with E-state index in [9.17, 15) is 13.9 Å². The number of para-hydroxylation sites is 1. The van der Waals surface area contributed by atoms with Gasteiger partial charge in [0.25, 0.3) is 0 Å². The van der Waals surface area contributed by atoms with E-state index in [2.05, 4.69) is 0 Å². The number of halogens is 2. The first-order valence-corrected chi connectivity index (χ1v) is 5.96. The lowest BCUT2D eigenvalue weighted by molar-refractivity contribution is 0.199. The minimum absolute atomic E-state index is 0.370. The summed E-state index contributed by atoms with van der Waals surface area (Å²) in [6, 6.07) is 10.4. The van der Waals surface area contributed by atoms with Crippen molar-refractivity contribution in [2.45, 2.75) is 13.0 Å². The molecule has 100 valence electrons. The second-order valence-electron chi connectivity index (χ2n) is 4.39. The molecular formula is C15H15F2NO. The summed E-state index contributed by atoms with van der Waals surface area (Å²) in [4.78, 5) is 1.59. The summed E-state index contributed by atoms with van der Waals surface area (Å²) in [6.07, 6.45) is -0.833. The lowest BCUT2D eigenvalue weighted by Crippen LogP contribution is -2.14. The number of aliphatic hydroxyl groups is 1. The molecule has 1 N–H and O–H groups in total. The number of anilines is 2. The highest BCUT2D eigenvalue weighted by Crippen LogP contribution is 2.32. The van der Waals surface area contributed by atoms with Gasteiger partial charge >= 0.3 is 0 Å². The summed E-state index contributed by atoms with van der Waals surface area (Å²) in [5, 5.41) is 9.71. The van der Waals surface area contributed by atoms with E-state index in [4.69, 9.17) is 0 Å². The number of aliphatic hydroxyl groups excluding tert-OH is 1. The molecule has 0 bridgehead atoms. The van der Waals surface area contributed by atoms with Crippen molar-refractivity contribution < 1.29 is 13.9 Å². The summed E-state index contributed by atoms with van der Waals surface area (Å²) in [5.74, 6) is -0.799. The third-order valence-electron chi connectivity index (χ3n) is 3.01. The Balaban J connectivity index is 2.50. The third-order valence-corrected chi connectivity index (χ3v) is 3.01. The van der Waals surface area contributed by atoms with Crippen molar-refractivity contribution in [1.29, 1.82) is 0 Å². The molecule has 0 aliphatic carbocycles. The van der Waals surface area contributed by atoms with Crippen molar-refractivity contribution in [3.63, 3.8) is 0 Å². The van der Waals surface area contributed by atoms with E-state index in [-0.39, 0.29) is 5.82 Å². The Bertz CT molecular complexity index is 584. The standard InChI is InChI=1S/C15H15F2NO/c1-10(19)12-9-11(16)7-8-14(12)18(2)15-6-4-3-5-13(15)17/h3-10,19H,1-2H3/t10-/m0/s1. The summed E-state index contributed by atoms with van der Waals surface area (Å²) in [6.45, 7) is 1.55. The van der Waals surface area contributed by atoms with Crippen LogP contribution in [-0.2, 0) is 0 Å². The number of hydrogen-bond donors (Lipinski definition) is 1. The fourth-order valence-corrected chi connectivity index (χ4v) is 2.02. The Morgan fingerprint density at radius 2 is 1.74 bits per heavy atom. The van der Waals surface area contributed by atoms with E-state index >= 15 is 0 Å². The topological polar surface area (TPSA) is 23.5 Å². The molecule has 19 heavy (non-hydrogen) atoms. The van der Waals surface area contributed by atoms with Crippen LogP contribution in [0.4, 0.5) is 20.2 Å². The highest BCUT2D eigenvalue weighted by molar-refractivity contribution is 5.66. The Hall–Kier alpha value is -1.94. The van der Waals surface area contributed by atoms with Crippen LogP contribution >= 0.6 is 0 Å². The zero-order valence-electron chi connectivity index (χ0n) is 10.8. The molecule has 0 spiro atoms. The van der Waals surface area contributed by atoms with Crippen LogP contribution in [-0.4, -0.2) is 12.2 Å². The summed E-state index contributed by atoms with van der Waals surface area (Å²) < 4.78 is 27.0. The molecule has 0 unspecified atom stereocenters. The van der Waals surface area contributed by atoms with E-state index < -0.39 is 11.9 Å². The van der Waals surface area contributed by atoms with Gasteiger partial charge in [-0.1, -0.05) is 12.1 Å². The van der Waals surface area contributed by atoms with Crippen molar-refractivity contribution >= 4 is 11.4 Å². The smallest absolute Gasteiger partial charge is 0.146 e. The lowest BCUT2D eigenvalue weighted by Gasteiger charge is -2.24. The van der Waals surface area contributed by atoms with Crippen molar-refractivity contribution in [3.05, 3.63) is 59.7 Å². The molecule has 2 rings (SSSR count). The fraction of sp³-hybridized carbons (Fsp3) is 0.200. The van der Waals surface area contributed by atoms with Crippen LogP contribution in [0.15, 0.2) is 42.5 Å². The zero-order valence-corrected chi connectivity index (χ0v) is 10.8. The molecule has 0 saturated heterocycles. The van der Waals surface area contributed by atoms with E-state index in [1.165, 1.54) is 24.3 Å². The predicted octanol–water partition coefficient (Wildman–Crippen LogP) is 3.79. The van der Waals surface area contributed by atoms with Crippen LogP contribution in [0.1, 0.15) is 18.6 Å². The van der Waals surface area contributed by atoms with Gasteiger partial charge in [-0.3, -0.25) is 0 Å². The third kappa shape index (κ3) is 2.74. The van der Waals surface area contributed by atoms with Crippen LogP contribution in [0.25, 0.3) is 0 Å². The van der Waals surface area contributed by atoms with Crippen LogP contribution in [0.3, 0.4) is 0 Å². The molecule has 0 heterocycles. The first kappa shape index (κ1) is 13.5. The van der Waals surface area contributed by atoms with Gasteiger partial charge in [0.05, 0.1) is 11.8 Å². The highest BCUT2D eigenvalue weighted by Gasteiger charge is 2.16. The summed E-state index contributed by atoms with van der Waals surface area (Å²) in [5.41, 5.74) is 1.36. The van der Waals surface area contributed by atoms with E-state index in [1.807, 2.05) is 0 Å². The average molecular weight is 263 g/mol. The maximum absolute atomic E-state index is 13.8. The maximum atomic E-state index is 13.8. The Morgan fingerprint density at radius 3 is 2.37 bits per heavy atom. The minimum atomic E-state index is -0.833. The molecule has 2 aromatic rings. The van der Waals surface area contributed by atoms with E-state index in [0.29, 0.717) is 16.9 Å². The van der Waals surface area contributed by atoms with Gasteiger partial charge in [-0.2, -0.15) is 0 Å². The number of rotatable bonds is 3. The quantitative estimate of drug-likeness (QED) is 0.910. The molecule has 0 saturated carbocycles. The lowest BCUT2D eigenvalue weighted by atomic mass is 10.1. The van der Waals surface area contributed by atoms with Crippen molar-refractivity contribution in [2.75, 3.05) is 11.9 Å². The second kappa shape index (κ2) is 5.36. The summed E-state index contributed by atoms with van der Waals surface area (Å²) in [7, 11) is 1.68. The maximum Gasteiger partial charge on any atom is 0.146 e.